The molecule has 1 aromatic heterocycles. The number of benzene rings is 1. The summed E-state index contributed by atoms with van der Waals surface area (Å²) in [6.45, 7) is 2.22. The number of rotatable bonds is 5. The molecule has 0 unspecified atom stereocenters. The molecule has 2 aromatic rings. The van der Waals surface area contributed by atoms with Crippen LogP contribution in [0, 0.1) is 6.92 Å². The van der Waals surface area contributed by atoms with Gasteiger partial charge in [0.15, 0.2) is 0 Å². The van der Waals surface area contributed by atoms with E-state index in [4.69, 9.17) is 0 Å². The molecule has 9 heteroatoms. The van der Waals surface area contributed by atoms with Crippen molar-refractivity contribution in [3.8, 4) is 0 Å². The van der Waals surface area contributed by atoms with Gasteiger partial charge in [0.2, 0.25) is 0 Å². The maximum absolute atomic E-state index is 12.6. The van der Waals surface area contributed by atoms with Crippen LogP contribution < -0.4 is 15.6 Å². The summed E-state index contributed by atoms with van der Waals surface area (Å²) in [7, 11) is -3.87. The van der Waals surface area contributed by atoms with Gasteiger partial charge in [-0.15, -0.1) is 11.3 Å². The van der Waals surface area contributed by atoms with Crippen LogP contribution in [0.2, 0.25) is 0 Å². The second-order valence-corrected chi connectivity index (χ2v) is 7.90. The van der Waals surface area contributed by atoms with Crippen molar-refractivity contribution in [3.05, 3.63) is 51.8 Å². The molecular formula is C15H15N3O4S2. The number of aryl methyl sites for hydroxylation is 1. The molecule has 0 spiro atoms. The minimum Gasteiger partial charge on any atom is -0.477 e. The van der Waals surface area contributed by atoms with Gasteiger partial charge in [-0.3, -0.25) is 4.72 Å². The van der Waals surface area contributed by atoms with Gasteiger partial charge in [-0.05, 0) is 24.6 Å². The van der Waals surface area contributed by atoms with Crippen LogP contribution in [0.25, 0.3) is 5.57 Å². The molecule has 0 atom stereocenters. The Kier molecular flexibility index (Phi) is 4.31. The number of anilines is 1. The summed E-state index contributed by atoms with van der Waals surface area (Å²) in [6, 6.07) is 8.08. The first kappa shape index (κ1) is 16.5. The van der Waals surface area contributed by atoms with Gasteiger partial charge in [0.05, 0.1) is 10.6 Å². The summed E-state index contributed by atoms with van der Waals surface area (Å²) < 4.78 is 27.6. The maximum Gasteiger partial charge on any atom is 0.348 e. The van der Waals surface area contributed by atoms with E-state index in [1.165, 1.54) is 6.07 Å². The molecule has 0 saturated carbocycles. The third-order valence-electron chi connectivity index (χ3n) is 3.50. The monoisotopic (exact) mass is 365 g/mol. The van der Waals surface area contributed by atoms with E-state index < -0.39 is 16.0 Å². The van der Waals surface area contributed by atoms with Crippen LogP contribution in [0.4, 0.5) is 5.69 Å². The maximum atomic E-state index is 12.6. The number of sulfonamides is 1. The van der Waals surface area contributed by atoms with Gasteiger partial charge in [-0.25, -0.2) is 18.6 Å². The van der Waals surface area contributed by atoms with Crippen LogP contribution >= 0.6 is 11.3 Å². The van der Waals surface area contributed by atoms with Gasteiger partial charge in [-0.2, -0.15) is 0 Å². The fraction of sp³-hybridized carbons (Fsp3) is 0.133. The summed E-state index contributed by atoms with van der Waals surface area (Å²) in [6.07, 6.45) is 1.72. The summed E-state index contributed by atoms with van der Waals surface area (Å²) >= 11 is 1.03. The van der Waals surface area contributed by atoms with Crippen molar-refractivity contribution >= 4 is 38.6 Å². The minimum atomic E-state index is -3.87. The van der Waals surface area contributed by atoms with Gasteiger partial charge in [0.25, 0.3) is 10.0 Å². The van der Waals surface area contributed by atoms with Crippen molar-refractivity contribution in [3.63, 3.8) is 0 Å². The molecule has 7 nitrogen and oxygen atoms in total. The zero-order valence-corrected chi connectivity index (χ0v) is 14.3. The number of carbonyl (C=O) groups is 1. The fourth-order valence-electron chi connectivity index (χ4n) is 2.34. The zero-order chi connectivity index (χ0) is 17.3. The SMILES string of the molecule is Cc1ccccc1S(=O)(=O)Nc1cc(C2=CNNC2)sc1C(=O)O. The van der Waals surface area contributed by atoms with Crippen molar-refractivity contribution in [2.45, 2.75) is 11.8 Å². The smallest absolute Gasteiger partial charge is 0.348 e. The van der Waals surface area contributed by atoms with Gasteiger partial charge < -0.3 is 10.5 Å². The van der Waals surface area contributed by atoms with E-state index in [0.29, 0.717) is 17.0 Å². The van der Waals surface area contributed by atoms with Crippen LogP contribution in [0.3, 0.4) is 0 Å². The topological polar surface area (TPSA) is 108 Å². The summed E-state index contributed by atoms with van der Waals surface area (Å²) in [5, 5.41) is 9.37. The number of hydrogen-bond donors (Lipinski definition) is 4. The third-order valence-corrected chi connectivity index (χ3v) is 6.22. The highest BCUT2D eigenvalue weighted by Crippen LogP contribution is 2.34. The Labute approximate surface area is 143 Å². The molecule has 4 N–H and O–H groups in total. The lowest BCUT2D eigenvalue weighted by Crippen LogP contribution is -2.20. The second-order valence-electron chi connectivity index (χ2n) is 5.20. The Morgan fingerprint density at radius 3 is 2.71 bits per heavy atom. The molecule has 0 fully saturated rings. The number of hydrogen-bond acceptors (Lipinski definition) is 6. The molecule has 3 rings (SSSR count). The quantitative estimate of drug-likeness (QED) is 0.646. The first-order chi connectivity index (χ1) is 11.4. The number of nitrogens with one attached hydrogen (secondary N) is 3. The van der Waals surface area contributed by atoms with E-state index in [1.807, 2.05) is 0 Å². The lowest BCUT2D eigenvalue weighted by Gasteiger charge is -2.09. The van der Waals surface area contributed by atoms with Gasteiger partial charge in [0, 0.05) is 23.2 Å². The van der Waals surface area contributed by atoms with Crippen molar-refractivity contribution in [2.24, 2.45) is 0 Å². The first-order valence-corrected chi connectivity index (χ1v) is 9.32. The van der Waals surface area contributed by atoms with E-state index in [1.54, 1.807) is 37.4 Å². The molecule has 0 saturated heterocycles. The van der Waals surface area contributed by atoms with Crippen LogP contribution in [-0.4, -0.2) is 26.0 Å². The number of carboxylic acid groups (broad SMARTS) is 1. The third kappa shape index (κ3) is 3.14. The molecule has 1 aromatic carbocycles. The summed E-state index contributed by atoms with van der Waals surface area (Å²) in [5.41, 5.74) is 7.23. The number of thiophene rings is 1. The average Bonchev–Trinajstić information content (AvgIpc) is 3.16. The largest absolute Gasteiger partial charge is 0.477 e. The highest BCUT2D eigenvalue weighted by molar-refractivity contribution is 7.92. The summed E-state index contributed by atoms with van der Waals surface area (Å²) in [5.74, 6) is -1.17. The van der Waals surface area contributed by atoms with E-state index in [9.17, 15) is 18.3 Å². The van der Waals surface area contributed by atoms with Gasteiger partial charge in [-0.1, -0.05) is 18.2 Å². The molecule has 0 radical (unpaired) electrons. The average molecular weight is 365 g/mol. The molecule has 1 aliphatic heterocycles. The predicted molar refractivity (Wildman–Crippen MR) is 92.4 cm³/mol. The van der Waals surface area contributed by atoms with Crippen LogP contribution in [-0.2, 0) is 10.0 Å². The highest BCUT2D eigenvalue weighted by atomic mass is 32.2. The highest BCUT2D eigenvalue weighted by Gasteiger charge is 2.24. The number of carboxylic acids is 1. The molecule has 126 valence electrons. The second kappa shape index (κ2) is 6.27. The van der Waals surface area contributed by atoms with E-state index in [2.05, 4.69) is 15.6 Å². The standard InChI is InChI=1S/C15H15N3O4S2/c1-9-4-2-3-5-13(9)24(21,22)18-11-6-12(10-7-16-17-8-10)23-14(11)15(19)20/h2-7,16-18H,8H2,1H3,(H,19,20). The van der Waals surface area contributed by atoms with E-state index in [-0.39, 0.29) is 15.5 Å². The van der Waals surface area contributed by atoms with E-state index in [0.717, 1.165) is 16.9 Å². The first-order valence-electron chi connectivity index (χ1n) is 7.02. The van der Waals surface area contributed by atoms with Crippen molar-refractivity contribution in [1.29, 1.82) is 0 Å². The zero-order valence-electron chi connectivity index (χ0n) is 12.7. The van der Waals surface area contributed by atoms with Crippen molar-refractivity contribution in [1.82, 2.24) is 10.9 Å². The molecule has 1 aliphatic rings. The molecule has 0 bridgehead atoms. The van der Waals surface area contributed by atoms with Crippen molar-refractivity contribution < 1.29 is 18.3 Å². The molecule has 24 heavy (non-hydrogen) atoms. The van der Waals surface area contributed by atoms with Crippen LogP contribution in [0.15, 0.2) is 41.4 Å². The molecular weight excluding hydrogens is 350 g/mol. The molecule has 2 heterocycles. The Hall–Kier alpha value is -2.36. The minimum absolute atomic E-state index is 0.0463. The van der Waals surface area contributed by atoms with Gasteiger partial charge >= 0.3 is 5.97 Å². The Bertz CT molecular complexity index is 932. The van der Waals surface area contributed by atoms with E-state index >= 15 is 0 Å². The normalized spacial score (nSPS) is 14.1. The molecule has 0 amide bonds. The summed E-state index contributed by atoms with van der Waals surface area (Å²) in [4.78, 5) is 12.2. The number of aromatic carboxylic acids is 1. The fourth-order valence-corrected chi connectivity index (χ4v) is 4.68. The lowest BCUT2D eigenvalue weighted by molar-refractivity contribution is 0.0703. The Morgan fingerprint density at radius 2 is 2.08 bits per heavy atom. The predicted octanol–water partition coefficient (Wildman–Crippen LogP) is 2.00. The van der Waals surface area contributed by atoms with Crippen molar-refractivity contribution in [2.75, 3.05) is 11.3 Å². The number of hydrazine groups is 1. The Morgan fingerprint density at radius 1 is 1.33 bits per heavy atom. The van der Waals surface area contributed by atoms with Crippen LogP contribution in [0.5, 0.6) is 0 Å². The molecule has 0 aliphatic carbocycles. The Balaban J connectivity index is 2.00. The van der Waals surface area contributed by atoms with Crippen LogP contribution in [0.1, 0.15) is 20.1 Å². The lowest BCUT2D eigenvalue weighted by atomic mass is 10.2. The van der Waals surface area contributed by atoms with Gasteiger partial charge in [0.1, 0.15) is 4.88 Å².